The lowest BCUT2D eigenvalue weighted by atomic mass is 9.81. The van der Waals surface area contributed by atoms with Gasteiger partial charge in [0.25, 0.3) is 0 Å². The Kier molecular flexibility index (Phi) is 6.95. The summed E-state index contributed by atoms with van der Waals surface area (Å²) in [5.74, 6) is 0.207. The van der Waals surface area contributed by atoms with Crippen LogP contribution in [0.2, 0.25) is 0 Å². The Hall–Kier alpha value is -0.320. The van der Waals surface area contributed by atoms with E-state index in [2.05, 4.69) is 0 Å². The van der Waals surface area contributed by atoms with E-state index < -0.39 is 0 Å². The van der Waals surface area contributed by atoms with Gasteiger partial charge in [0.05, 0.1) is 18.6 Å². The maximum Gasteiger partial charge on any atom is 0.230 e. The Balaban J connectivity index is 0.00000225. The molecule has 96 valence electrons. The highest BCUT2D eigenvalue weighted by atomic mass is 35.5. The number of hydrogen-bond donors (Lipinski definition) is 1. The third-order valence-corrected chi connectivity index (χ3v) is 3.50. The summed E-state index contributed by atoms with van der Waals surface area (Å²) >= 11 is 0. The summed E-state index contributed by atoms with van der Waals surface area (Å²) in [6, 6.07) is 0. The number of hydrogen-bond acceptors (Lipinski definition) is 3. The van der Waals surface area contributed by atoms with Crippen molar-refractivity contribution in [3.63, 3.8) is 0 Å². The van der Waals surface area contributed by atoms with Gasteiger partial charge >= 0.3 is 0 Å². The number of nitrogens with two attached hydrogens (primary N) is 1. The monoisotopic (exact) mass is 250 g/mol. The van der Waals surface area contributed by atoms with Gasteiger partial charge in [-0.3, -0.25) is 4.79 Å². The molecule has 2 N–H and O–H groups in total. The molecule has 0 aromatic carbocycles. The van der Waals surface area contributed by atoms with E-state index in [0.29, 0.717) is 32.8 Å². The number of carbonyl (C=O) groups is 1. The molecule has 0 aromatic heterocycles. The third-order valence-electron chi connectivity index (χ3n) is 3.50. The van der Waals surface area contributed by atoms with Crippen LogP contribution in [0.1, 0.15) is 26.7 Å². The molecule has 4 nitrogen and oxygen atoms in total. The fourth-order valence-electron chi connectivity index (χ4n) is 2.03. The van der Waals surface area contributed by atoms with Crippen LogP contribution in [0.3, 0.4) is 0 Å². The summed E-state index contributed by atoms with van der Waals surface area (Å²) in [4.78, 5) is 14.2. The molecule has 0 bridgehead atoms. The summed E-state index contributed by atoms with van der Waals surface area (Å²) in [7, 11) is 0. The zero-order valence-electron chi connectivity index (χ0n) is 10.2. The zero-order valence-corrected chi connectivity index (χ0v) is 11.0. The Morgan fingerprint density at radius 1 is 1.31 bits per heavy atom. The molecule has 5 heteroatoms. The molecule has 0 atom stereocenters. The van der Waals surface area contributed by atoms with Gasteiger partial charge < -0.3 is 15.4 Å². The highest BCUT2D eigenvalue weighted by Gasteiger charge is 2.37. The van der Waals surface area contributed by atoms with Crippen LogP contribution >= 0.6 is 12.4 Å². The predicted molar refractivity (Wildman–Crippen MR) is 66.7 cm³/mol. The molecule has 1 heterocycles. The second kappa shape index (κ2) is 7.09. The summed E-state index contributed by atoms with van der Waals surface area (Å²) < 4.78 is 5.24. The third kappa shape index (κ3) is 3.09. The van der Waals surface area contributed by atoms with Crippen molar-refractivity contribution >= 4 is 18.3 Å². The van der Waals surface area contributed by atoms with E-state index in [0.717, 1.165) is 12.8 Å². The summed E-state index contributed by atoms with van der Waals surface area (Å²) in [5.41, 5.74) is 5.41. The molecule has 0 aliphatic carbocycles. The summed E-state index contributed by atoms with van der Waals surface area (Å²) in [5, 5.41) is 0. The molecule has 0 saturated carbocycles. The Bertz CT molecular complexity index is 206. The van der Waals surface area contributed by atoms with Gasteiger partial charge in [-0.05, 0) is 12.8 Å². The van der Waals surface area contributed by atoms with Crippen LogP contribution in [-0.2, 0) is 9.53 Å². The molecule has 0 aromatic rings. The Morgan fingerprint density at radius 3 is 2.19 bits per heavy atom. The van der Waals surface area contributed by atoms with Crippen molar-refractivity contribution < 1.29 is 9.53 Å². The minimum absolute atomic E-state index is 0. The van der Waals surface area contributed by atoms with E-state index in [1.807, 2.05) is 18.7 Å². The Morgan fingerprint density at radius 2 is 1.81 bits per heavy atom. The SMILES string of the molecule is CCC(CC)(CN)C(=O)N1CCOCC1.Cl. The van der Waals surface area contributed by atoms with Crippen LogP contribution in [0.4, 0.5) is 0 Å². The number of rotatable bonds is 4. The highest BCUT2D eigenvalue weighted by molar-refractivity contribution is 5.85. The lowest BCUT2D eigenvalue weighted by Crippen LogP contribution is -2.51. The normalized spacial score (nSPS) is 16.8. The molecule has 0 radical (unpaired) electrons. The van der Waals surface area contributed by atoms with E-state index in [4.69, 9.17) is 10.5 Å². The fraction of sp³-hybridized carbons (Fsp3) is 0.909. The van der Waals surface area contributed by atoms with Crippen molar-refractivity contribution in [1.29, 1.82) is 0 Å². The molecule has 0 unspecified atom stereocenters. The maximum absolute atomic E-state index is 12.3. The lowest BCUT2D eigenvalue weighted by molar-refractivity contribution is -0.146. The van der Waals surface area contributed by atoms with Crippen LogP contribution in [0.5, 0.6) is 0 Å². The second-order valence-electron chi connectivity index (χ2n) is 4.10. The summed E-state index contributed by atoms with van der Waals surface area (Å²) in [6.07, 6.45) is 1.63. The second-order valence-corrected chi connectivity index (χ2v) is 4.10. The van der Waals surface area contributed by atoms with Crippen molar-refractivity contribution in [3.8, 4) is 0 Å². The zero-order chi connectivity index (χ0) is 11.3. The molecule has 0 spiro atoms. The number of morpholine rings is 1. The molecular weight excluding hydrogens is 228 g/mol. The molecule has 1 aliphatic rings. The van der Waals surface area contributed by atoms with Crippen LogP contribution in [0.15, 0.2) is 0 Å². The number of carbonyl (C=O) groups excluding carboxylic acids is 1. The van der Waals surface area contributed by atoms with E-state index in [-0.39, 0.29) is 23.7 Å². The van der Waals surface area contributed by atoms with Gasteiger partial charge in [-0.25, -0.2) is 0 Å². The van der Waals surface area contributed by atoms with Crippen molar-refractivity contribution in [2.24, 2.45) is 11.1 Å². The Labute approximate surface area is 104 Å². The van der Waals surface area contributed by atoms with Crippen molar-refractivity contribution in [2.45, 2.75) is 26.7 Å². The first-order valence-corrected chi connectivity index (χ1v) is 5.77. The number of amides is 1. The van der Waals surface area contributed by atoms with Crippen molar-refractivity contribution in [1.82, 2.24) is 4.90 Å². The van der Waals surface area contributed by atoms with Crippen LogP contribution < -0.4 is 5.73 Å². The average molecular weight is 251 g/mol. The standard InChI is InChI=1S/C11H22N2O2.ClH/c1-3-11(4-2,9-12)10(14)13-5-7-15-8-6-13;/h3-9,12H2,1-2H3;1H. The van der Waals surface area contributed by atoms with Crippen LogP contribution in [0.25, 0.3) is 0 Å². The van der Waals surface area contributed by atoms with Gasteiger partial charge in [0, 0.05) is 19.6 Å². The van der Waals surface area contributed by atoms with Gasteiger partial charge in [-0.15, -0.1) is 12.4 Å². The van der Waals surface area contributed by atoms with Crippen molar-refractivity contribution in [3.05, 3.63) is 0 Å². The number of nitrogens with zero attached hydrogens (tertiary/aromatic N) is 1. The van der Waals surface area contributed by atoms with Gasteiger partial charge in [0.2, 0.25) is 5.91 Å². The quantitative estimate of drug-likeness (QED) is 0.811. The first-order chi connectivity index (χ1) is 7.20. The largest absolute Gasteiger partial charge is 0.378 e. The number of halogens is 1. The van der Waals surface area contributed by atoms with E-state index in [1.165, 1.54) is 0 Å². The van der Waals surface area contributed by atoms with Crippen LogP contribution in [-0.4, -0.2) is 43.7 Å². The minimum Gasteiger partial charge on any atom is -0.378 e. The topological polar surface area (TPSA) is 55.6 Å². The van der Waals surface area contributed by atoms with Gasteiger partial charge in [-0.2, -0.15) is 0 Å². The highest BCUT2D eigenvalue weighted by Crippen LogP contribution is 2.27. The molecule has 1 amide bonds. The minimum atomic E-state index is -0.350. The van der Waals surface area contributed by atoms with Crippen molar-refractivity contribution in [2.75, 3.05) is 32.8 Å². The summed E-state index contributed by atoms with van der Waals surface area (Å²) in [6.45, 7) is 7.24. The van der Waals surface area contributed by atoms with E-state index in [1.54, 1.807) is 0 Å². The first-order valence-electron chi connectivity index (χ1n) is 5.77. The first kappa shape index (κ1) is 15.7. The van der Waals surface area contributed by atoms with E-state index >= 15 is 0 Å². The molecule has 1 saturated heterocycles. The molecule has 1 rings (SSSR count). The average Bonchev–Trinajstić information content (AvgIpc) is 2.33. The smallest absolute Gasteiger partial charge is 0.230 e. The predicted octanol–water partition coefficient (Wildman–Crippen LogP) is 1.03. The molecule has 1 fully saturated rings. The fourth-order valence-corrected chi connectivity index (χ4v) is 2.03. The van der Waals surface area contributed by atoms with E-state index in [9.17, 15) is 4.79 Å². The molecule has 16 heavy (non-hydrogen) atoms. The lowest BCUT2D eigenvalue weighted by Gasteiger charge is -2.37. The molecular formula is C11H23ClN2O2. The number of ether oxygens (including phenoxy) is 1. The van der Waals surface area contributed by atoms with Gasteiger partial charge in [0.15, 0.2) is 0 Å². The molecule has 1 aliphatic heterocycles. The van der Waals surface area contributed by atoms with Gasteiger partial charge in [0.1, 0.15) is 0 Å². The van der Waals surface area contributed by atoms with Crippen LogP contribution in [0, 0.1) is 5.41 Å². The van der Waals surface area contributed by atoms with Gasteiger partial charge in [-0.1, -0.05) is 13.8 Å². The maximum atomic E-state index is 12.3.